The monoisotopic (exact) mass is 348 g/mol. The molecule has 1 aromatic rings. The van der Waals surface area contributed by atoms with Crippen LogP contribution < -0.4 is 10.6 Å². The van der Waals surface area contributed by atoms with Gasteiger partial charge in [0.1, 0.15) is 11.6 Å². The summed E-state index contributed by atoms with van der Waals surface area (Å²) in [5, 5.41) is 15.8. The summed E-state index contributed by atoms with van der Waals surface area (Å²) in [6.45, 7) is 9.00. The molecule has 6 heteroatoms. The second-order valence-electron chi connectivity index (χ2n) is 7.82. The van der Waals surface area contributed by atoms with Crippen molar-refractivity contribution in [2.75, 3.05) is 0 Å². The van der Waals surface area contributed by atoms with Gasteiger partial charge in [-0.05, 0) is 37.8 Å². The zero-order valence-corrected chi connectivity index (χ0v) is 15.5. The molecule has 0 spiro atoms. The van der Waals surface area contributed by atoms with Gasteiger partial charge in [-0.15, -0.1) is 0 Å². The lowest BCUT2D eigenvalue weighted by Crippen LogP contribution is -2.52. The Hall–Kier alpha value is -2.08. The molecule has 0 aliphatic heterocycles. The first-order valence-electron chi connectivity index (χ1n) is 8.64. The lowest BCUT2D eigenvalue weighted by Gasteiger charge is -2.27. The van der Waals surface area contributed by atoms with Crippen molar-refractivity contribution in [1.82, 2.24) is 10.6 Å². The van der Waals surface area contributed by atoms with Crippen LogP contribution in [0.1, 0.15) is 51.8 Å². The summed E-state index contributed by atoms with van der Waals surface area (Å²) in [6, 6.07) is 6.44. The van der Waals surface area contributed by atoms with E-state index in [0.29, 0.717) is 6.42 Å². The van der Waals surface area contributed by atoms with E-state index in [1.807, 2.05) is 38.1 Å². The Morgan fingerprint density at radius 3 is 2.48 bits per heavy atom. The first-order chi connectivity index (χ1) is 11.6. The predicted octanol–water partition coefficient (Wildman–Crippen LogP) is 2.31. The minimum atomic E-state index is -0.741. The molecule has 2 amide bonds. The molecular formula is C19H28N2O4. The second-order valence-corrected chi connectivity index (χ2v) is 7.82. The molecule has 1 aromatic carbocycles. The lowest BCUT2D eigenvalue weighted by atomic mass is 10.0. The van der Waals surface area contributed by atoms with Crippen molar-refractivity contribution >= 4 is 12.0 Å². The van der Waals surface area contributed by atoms with E-state index in [2.05, 4.69) is 10.6 Å². The highest BCUT2D eigenvalue weighted by molar-refractivity contribution is 5.86. The molecule has 0 bridgehead atoms. The van der Waals surface area contributed by atoms with Gasteiger partial charge >= 0.3 is 6.09 Å². The quantitative estimate of drug-likeness (QED) is 0.779. The Bertz CT molecular complexity index is 637. The SMILES string of the molecule is CC(C)[C@H](NC(=O)OC(C)(C)C)C(=O)N[C@@H]1c2ccccc2C[C@@H]1O. The van der Waals surface area contributed by atoms with Crippen molar-refractivity contribution in [1.29, 1.82) is 0 Å². The van der Waals surface area contributed by atoms with Crippen molar-refractivity contribution in [2.24, 2.45) is 5.92 Å². The fraction of sp³-hybridized carbons (Fsp3) is 0.579. The number of carbonyl (C=O) groups excluding carboxylic acids is 2. The van der Waals surface area contributed by atoms with Crippen LogP contribution in [0, 0.1) is 5.92 Å². The van der Waals surface area contributed by atoms with Gasteiger partial charge in [-0.1, -0.05) is 38.1 Å². The lowest BCUT2D eigenvalue weighted by molar-refractivity contribution is -0.125. The number of ether oxygens (including phenoxy) is 1. The van der Waals surface area contributed by atoms with Crippen LogP contribution in [-0.2, 0) is 16.0 Å². The molecule has 1 aliphatic rings. The average molecular weight is 348 g/mol. The Morgan fingerprint density at radius 2 is 1.88 bits per heavy atom. The second kappa shape index (κ2) is 7.44. The number of hydrogen-bond donors (Lipinski definition) is 3. The highest BCUT2D eigenvalue weighted by atomic mass is 16.6. The average Bonchev–Trinajstić information content (AvgIpc) is 2.79. The zero-order valence-electron chi connectivity index (χ0n) is 15.5. The molecule has 0 heterocycles. The summed E-state index contributed by atoms with van der Waals surface area (Å²) in [4.78, 5) is 24.7. The summed E-state index contributed by atoms with van der Waals surface area (Å²) in [7, 11) is 0. The van der Waals surface area contributed by atoms with E-state index in [0.717, 1.165) is 11.1 Å². The minimum Gasteiger partial charge on any atom is -0.444 e. The Balaban J connectivity index is 2.07. The van der Waals surface area contributed by atoms with Gasteiger partial charge < -0.3 is 20.5 Å². The van der Waals surface area contributed by atoms with Crippen molar-refractivity contribution in [3.8, 4) is 0 Å². The highest BCUT2D eigenvalue weighted by Gasteiger charge is 2.35. The van der Waals surface area contributed by atoms with Crippen LogP contribution in [0.25, 0.3) is 0 Å². The third kappa shape index (κ3) is 4.95. The maximum Gasteiger partial charge on any atom is 0.408 e. The molecule has 0 saturated carbocycles. The van der Waals surface area contributed by atoms with Gasteiger partial charge in [-0.2, -0.15) is 0 Å². The van der Waals surface area contributed by atoms with E-state index >= 15 is 0 Å². The van der Waals surface area contributed by atoms with E-state index in [9.17, 15) is 14.7 Å². The summed E-state index contributed by atoms with van der Waals surface area (Å²) in [5.74, 6) is -0.456. The largest absolute Gasteiger partial charge is 0.444 e. The van der Waals surface area contributed by atoms with E-state index < -0.39 is 29.9 Å². The predicted molar refractivity (Wildman–Crippen MR) is 95.0 cm³/mol. The van der Waals surface area contributed by atoms with Gasteiger partial charge in [0.2, 0.25) is 5.91 Å². The Labute approximate surface area is 149 Å². The summed E-state index contributed by atoms with van der Waals surface area (Å²) in [5.41, 5.74) is 1.31. The number of alkyl carbamates (subject to hydrolysis) is 1. The van der Waals surface area contributed by atoms with E-state index in [1.54, 1.807) is 20.8 Å². The molecule has 0 unspecified atom stereocenters. The zero-order chi connectivity index (χ0) is 18.8. The molecule has 3 N–H and O–H groups in total. The van der Waals surface area contributed by atoms with Crippen molar-refractivity contribution in [2.45, 2.75) is 64.8 Å². The summed E-state index contributed by atoms with van der Waals surface area (Å²) >= 11 is 0. The first kappa shape index (κ1) is 19.2. The molecule has 3 atom stereocenters. The molecule has 0 saturated heterocycles. The van der Waals surface area contributed by atoms with Gasteiger partial charge in [0.15, 0.2) is 0 Å². The molecule has 6 nitrogen and oxygen atoms in total. The topological polar surface area (TPSA) is 87.7 Å². The third-order valence-corrected chi connectivity index (χ3v) is 4.12. The number of amides is 2. The van der Waals surface area contributed by atoms with Gasteiger partial charge in [0, 0.05) is 6.42 Å². The maximum absolute atomic E-state index is 12.7. The summed E-state index contributed by atoms with van der Waals surface area (Å²) < 4.78 is 5.24. The van der Waals surface area contributed by atoms with Gasteiger partial charge in [-0.25, -0.2) is 4.79 Å². The standard InChI is InChI=1S/C19H28N2O4/c1-11(2)15(21-18(24)25-19(3,4)5)17(23)20-16-13-9-7-6-8-12(13)10-14(16)22/h6-9,11,14-16,22H,10H2,1-5H3,(H,20,23)(H,21,24)/t14-,15-,16+/m0/s1. The smallest absolute Gasteiger partial charge is 0.408 e. The van der Waals surface area contributed by atoms with E-state index in [1.165, 1.54) is 0 Å². The van der Waals surface area contributed by atoms with Crippen LogP contribution in [0.2, 0.25) is 0 Å². The third-order valence-electron chi connectivity index (χ3n) is 4.12. The van der Waals surface area contributed by atoms with Crippen molar-refractivity contribution < 1.29 is 19.4 Å². The number of fused-ring (bicyclic) bond motifs is 1. The van der Waals surface area contributed by atoms with Crippen molar-refractivity contribution in [3.05, 3.63) is 35.4 Å². The van der Waals surface area contributed by atoms with Gasteiger partial charge in [0.25, 0.3) is 0 Å². The molecular weight excluding hydrogens is 320 g/mol. The highest BCUT2D eigenvalue weighted by Crippen LogP contribution is 2.31. The number of benzene rings is 1. The van der Waals surface area contributed by atoms with Crippen LogP contribution in [0.15, 0.2) is 24.3 Å². The molecule has 0 fully saturated rings. The van der Waals surface area contributed by atoms with Crippen molar-refractivity contribution in [3.63, 3.8) is 0 Å². The molecule has 25 heavy (non-hydrogen) atoms. The number of rotatable bonds is 4. The van der Waals surface area contributed by atoms with Crippen LogP contribution in [0.3, 0.4) is 0 Å². The minimum absolute atomic E-state index is 0.124. The Morgan fingerprint density at radius 1 is 1.24 bits per heavy atom. The van der Waals surface area contributed by atoms with Crippen LogP contribution >= 0.6 is 0 Å². The molecule has 1 aliphatic carbocycles. The number of hydrogen-bond acceptors (Lipinski definition) is 4. The molecule has 0 aromatic heterocycles. The maximum atomic E-state index is 12.7. The fourth-order valence-electron chi connectivity index (χ4n) is 2.96. The fourth-order valence-corrected chi connectivity index (χ4v) is 2.96. The molecule has 138 valence electrons. The first-order valence-corrected chi connectivity index (χ1v) is 8.64. The van der Waals surface area contributed by atoms with Crippen LogP contribution in [0.4, 0.5) is 4.79 Å². The van der Waals surface area contributed by atoms with Crippen LogP contribution in [-0.4, -0.2) is 34.9 Å². The van der Waals surface area contributed by atoms with Crippen LogP contribution in [0.5, 0.6) is 0 Å². The number of nitrogens with one attached hydrogen (secondary N) is 2. The Kier molecular flexibility index (Phi) is 5.72. The normalized spacial score (nSPS) is 20.8. The number of aliphatic hydroxyl groups is 1. The van der Waals surface area contributed by atoms with Gasteiger partial charge in [-0.3, -0.25) is 4.79 Å². The number of carbonyl (C=O) groups is 2. The van der Waals surface area contributed by atoms with Gasteiger partial charge in [0.05, 0.1) is 12.1 Å². The number of aliphatic hydroxyl groups excluding tert-OH is 1. The molecule has 2 rings (SSSR count). The van der Waals surface area contributed by atoms with E-state index in [4.69, 9.17) is 4.74 Å². The molecule has 0 radical (unpaired) electrons. The summed E-state index contributed by atoms with van der Waals surface area (Å²) in [6.07, 6.45) is -0.795. The van der Waals surface area contributed by atoms with E-state index in [-0.39, 0.29) is 11.8 Å².